The zero-order chi connectivity index (χ0) is 18.0. The molecule has 130 valence electrons. The molecule has 0 N–H and O–H groups in total. The lowest BCUT2D eigenvalue weighted by Crippen LogP contribution is -2.48. The molecule has 3 rings (SSSR count). The number of ether oxygens (including phenoxy) is 1. The van der Waals surface area contributed by atoms with Crippen LogP contribution in [-0.4, -0.2) is 33.3 Å². The van der Waals surface area contributed by atoms with Gasteiger partial charge in [0, 0.05) is 5.69 Å². The molecule has 1 aliphatic heterocycles. The SMILES string of the molecule is COc1ccccc1C=[N+]([O-])[C@H]1N(c2ccccc2)C(=S)SC1(C)C. The molecule has 6 heteroatoms. The van der Waals surface area contributed by atoms with Crippen molar-refractivity contribution in [3.05, 3.63) is 65.4 Å². The molecule has 1 fully saturated rings. The summed E-state index contributed by atoms with van der Waals surface area (Å²) >= 11 is 7.11. The predicted octanol–water partition coefficient (Wildman–Crippen LogP) is 4.27. The van der Waals surface area contributed by atoms with Crippen LogP contribution in [0.4, 0.5) is 5.69 Å². The second-order valence-electron chi connectivity index (χ2n) is 6.28. The first-order chi connectivity index (χ1) is 11.9. The second kappa shape index (κ2) is 7.06. The molecule has 25 heavy (non-hydrogen) atoms. The summed E-state index contributed by atoms with van der Waals surface area (Å²) in [5, 5.41) is 13.1. The van der Waals surface area contributed by atoms with Gasteiger partial charge in [0.1, 0.15) is 14.8 Å². The van der Waals surface area contributed by atoms with Crippen LogP contribution in [0, 0.1) is 5.21 Å². The van der Waals surface area contributed by atoms with E-state index in [9.17, 15) is 5.21 Å². The van der Waals surface area contributed by atoms with Crippen molar-refractivity contribution in [3.63, 3.8) is 0 Å². The summed E-state index contributed by atoms with van der Waals surface area (Å²) in [5.41, 5.74) is 1.66. The first-order valence-corrected chi connectivity index (χ1v) is 9.17. The molecule has 0 saturated carbocycles. The van der Waals surface area contributed by atoms with E-state index in [1.54, 1.807) is 25.1 Å². The summed E-state index contributed by atoms with van der Waals surface area (Å²) in [4.78, 5) is 1.93. The third kappa shape index (κ3) is 3.50. The maximum Gasteiger partial charge on any atom is 0.258 e. The first-order valence-electron chi connectivity index (χ1n) is 7.94. The van der Waals surface area contributed by atoms with Crippen molar-refractivity contribution in [1.82, 2.24) is 0 Å². The molecule has 2 aromatic carbocycles. The molecule has 0 aromatic heterocycles. The highest BCUT2D eigenvalue weighted by Gasteiger charge is 2.51. The van der Waals surface area contributed by atoms with Crippen molar-refractivity contribution in [2.75, 3.05) is 12.0 Å². The number of hydrogen-bond donors (Lipinski definition) is 0. The summed E-state index contributed by atoms with van der Waals surface area (Å²) < 4.78 is 6.69. The van der Waals surface area contributed by atoms with Crippen molar-refractivity contribution in [1.29, 1.82) is 0 Å². The molecule has 1 atom stereocenters. The van der Waals surface area contributed by atoms with Crippen molar-refractivity contribution in [2.45, 2.75) is 24.8 Å². The Morgan fingerprint density at radius 2 is 1.80 bits per heavy atom. The molecule has 2 aromatic rings. The number of anilines is 1. The minimum absolute atomic E-state index is 0.354. The largest absolute Gasteiger partial charge is 0.622 e. The number of thioether (sulfide) groups is 1. The van der Waals surface area contributed by atoms with Gasteiger partial charge < -0.3 is 9.94 Å². The predicted molar refractivity (Wildman–Crippen MR) is 109 cm³/mol. The van der Waals surface area contributed by atoms with Gasteiger partial charge in [0.05, 0.1) is 12.7 Å². The molecule has 1 saturated heterocycles. The third-order valence-electron chi connectivity index (χ3n) is 4.09. The number of rotatable bonds is 4. The number of benzene rings is 2. The fourth-order valence-corrected chi connectivity index (χ4v) is 4.89. The standard InChI is InChI=1S/C19H20N2O2S2/c1-19(2)17(20(22)13-14-9-7-8-12-16(14)23-3)21(18(24)25-19)15-10-5-4-6-11-15/h4-13,17H,1-3H3/t17-/m0/s1. The molecule has 0 aliphatic carbocycles. The Kier molecular flexibility index (Phi) is 5.01. The molecular formula is C19H20N2O2S2. The minimum Gasteiger partial charge on any atom is -0.622 e. The van der Waals surface area contributed by atoms with Crippen LogP contribution in [-0.2, 0) is 0 Å². The van der Waals surface area contributed by atoms with Crippen LogP contribution < -0.4 is 9.64 Å². The quantitative estimate of drug-likeness (QED) is 0.263. The third-order valence-corrected chi connectivity index (χ3v) is 5.65. The van der Waals surface area contributed by atoms with Crippen molar-refractivity contribution >= 4 is 40.2 Å². The highest BCUT2D eigenvalue weighted by molar-refractivity contribution is 8.24. The van der Waals surface area contributed by atoms with Crippen molar-refractivity contribution < 1.29 is 9.48 Å². The van der Waals surface area contributed by atoms with E-state index in [2.05, 4.69) is 0 Å². The maximum absolute atomic E-state index is 13.1. The molecule has 4 nitrogen and oxygen atoms in total. The topological polar surface area (TPSA) is 38.5 Å². The smallest absolute Gasteiger partial charge is 0.258 e. The minimum atomic E-state index is -0.447. The zero-order valence-corrected chi connectivity index (χ0v) is 16.0. The van der Waals surface area contributed by atoms with Gasteiger partial charge in [0.2, 0.25) is 0 Å². The average Bonchev–Trinajstić information content (AvgIpc) is 2.84. The van der Waals surface area contributed by atoms with Crippen LogP contribution in [0.15, 0.2) is 54.6 Å². The molecule has 1 heterocycles. The number of thiocarbonyl (C=S) groups is 1. The van der Waals surface area contributed by atoms with Crippen molar-refractivity contribution in [2.24, 2.45) is 0 Å². The van der Waals surface area contributed by atoms with Gasteiger partial charge in [-0.2, -0.15) is 4.74 Å². The number of nitrogens with zero attached hydrogens (tertiary/aromatic N) is 2. The van der Waals surface area contributed by atoms with E-state index in [1.807, 2.05) is 73.3 Å². The highest BCUT2D eigenvalue weighted by atomic mass is 32.2. The van der Waals surface area contributed by atoms with Crippen molar-refractivity contribution in [3.8, 4) is 5.75 Å². The van der Waals surface area contributed by atoms with E-state index in [0.717, 1.165) is 16.0 Å². The van der Waals surface area contributed by atoms with Gasteiger partial charge in [0.25, 0.3) is 6.17 Å². The van der Waals surface area contributed by atoms with Crippen LogP contribution in [0.2, 0.25) is 0 Å². The van der Waals surface area contributed by atoms with E-state index >= 15 is 0 Å². The fraction of sp³-hybridized carbons (Fsp3) is 0.263. The summed E-state index contributed by atoms with van der Waals surface area (Å²) in [7, 11) is 1.60. The fourth-order valence-electron chi connectivity index (χ4n) is 2.97. The number of hydroxylamine groups is 1. The van der Waals surface area contributed by atoms with Gasteiger partial charge >= 0.3 is 0 Å². The van der Waals surface area contributed by atoms with Gasteiger partial charge in [-0.3, -0.25) is 4.90 Å². The van der Waals surface area contributed by atoms with Gasteiger partial charge in [-0.25, -0.2) is 0 Å². The highest BCUT2D eigenvalue weighted by Crippen LogP contribution is 2.43. The monoisotopic (exact) mass is 372 g/mol. The zero-order valence-electron chi connectivity index (χ0n) is 14.4. The van der Waals surface area contributed by atoms with Crippen LogP contribution in [0.1, 0.15) is 19.4 Å². The summed E-state index contributed by atoms with van der Waals surface area (Å²) in [6.07, 6.45) is 1.13. The van der Waals surface area contributed by atoms with Crippen LogP contribution in [0.3, 0.4) is 0 Å². The normalized spacial score (nSPS) is 20.0. The van der Waals surface area contributed by atoms with Crippen LogP contribution in [0.5, 0.6) is 5.75 Å². The molecule has 0 amide bonds. The Morgan fingerprint density at radius 3 is 2.48 bits per heavy atom. The lowest BCUT2D eigenvalue weighted by Gasteiger charge is -2.29. The van der Waals surface area contributed by atoms with E-state index in [1.165, 1.54) is 0 Å². The molecule has 0 spiro atoms. The Hall–Kier alpha value is -2.05. The maximum atomic E-state index is 13.1. The van der Waals surface area contributed by atoms with E-state index < -0.39 is 6.17 Å². The summed E-state index contributed by atoms with van der Waals surface area (Å²) in [6.45, 7) is 4.08. The molecule has 1 aliphatic rings. The average molecular weight is 373 g/mol. The van der Waals surface area contributed by atoms with E-state index in [-0.39, 0.29) is 4.75 Å². The number of hydrogen-bond acceptors (Lipinski definition) is 4. The summed E-state index contributed by atoms with van der Waals surface area (Å²) in [5.74, 6) is 0.667. The lowest BCUT2D eigenvalue weighted by atomic mass is 10.1. The van der Waals surface area contributed by atoms with Gasteiger partial charge in [-0.1, -0.05) is 54.3 Å². The van der Waals surface area contributed by atoms with Gasteiger partial charge in [0.15, 0.2) is 6.21 Å². The molecule has 0 radical (unpaired) electrons. The second-order valence-corrected chi connectivity index (χ2v) is 8.57. The van der Waals surface area contributed by atoms with E-state index in [4.69, 9.17) is 17.0 Å². The number of methoxy groups -OCH3 is 1. The molecule has 0 unspecified atom stereocenters. The lowest BCUT2D eigenvalue weighted by molar-refractivity contribution is -0.497. The Labute approximate surface area is 157 Å². The Balaban J connectivity index is 2.05. The van der Waals surface area contributed by atoms with Gasteiger partial charge in [-0.15, -0.1) is 0 Å². The van der Waals surface area contributed by atoms with Crippen LogP contribution >= 0.6 is 24.0 Å². The first kappa shape index (κ1) is 17.8. The number of para-hydroxylation sites is 2. The molecular weight excluding hydrogens is 352 g/mol. The van der Waals surface area contributed by atoms with E-state index in [0.29, 0.717) is 10.1 Å². The Bertz CT molecular complexity index is 806. The summed E-state index contributed by atoms with van der Waals surface area (Å²) in [6, 6.07) is 17.3. The Morgan fingerprint density at radius 1 is 1.16 bits per heavy atom. The molecule has 0 bridgehead atoms. The van der Waals surface area contributed by atoms with Crippen LogP contribution in [0.25, 0.3) is 0 Å². The van der Waals surface area contributed by atoms with Gasteiger partial charge in [-0.05, 0) is 38.1 Å².